The van der Waals surface area contributed by atoms with Crippen molar-refractivity contribution >= 4 is 23.3 Å². The number of hydrogen-bond acceptors (Lipinski definition) is 4. The fourth-order valence-corrected chi connectivity index (χ4v) is 1.78. The lowest BCUT2D eigenvalue weighted by molar-refractivity contribution is 0.0968. The van der Waals surface area contributed by atoms with Gasteiger partial charge in [-0.1, -0.05) is 24.3 Å². The second-order valence-corrected chi connectivity index (χ2v) is 4.20. The molecule has 0 heterocycles. The molecule has 0 fully saturated rings. The van der Waals surface area contributed by atoms with Gasteiger partial charge < -0.3 is 15.8 Å². The van der Waals surface area contributed by atoms with Crippen LogP contribution in [0, 0.1) is 0 Å². The Labute approximate surface area is 121 Å². The molecular weight excluding hydrogens is 270 g/mol. The number of para-hydroxylation sites is 3. The van der Waals surface area contributed by atoms with Crippen LogP contribution in [0.3, 0.4) is 0 Å². The van der Waals surface area contributed by atoms with Crippen LogP contribution >= 0.6 is 0 Å². The fourth-order valence-electron chi connectivity index (χ4n) is 1.78. The van der Waals surface area contributed by atoms with Gasteiger partial charge in [0.2, 0.25) is 0 Å². The first kappa shape index (κ1) is 14.4. The Kier molecular flexibility index (Phi) is 4.40. The van der Waals surface area contributed by atoms with E-state index in [1.54, 1.807) is 48.5 Å². The number of amides is 3. The van der Waals surface area contributed by atoms with Crippen molar-refractivity contribution in [3.63, 3.8) is 0 Å². The highest BCUT2D eigenvalue weighted by Crippen LogP contribution is 2.22. The van der Waals surface area contributed by atoms with Crippen LogP contribution < -0.4 is 21.1 Å². The Bertz CT molecular complexity index is 671. The minimum atomic E-state index is -0.659. The summed E-state index contributed by atoms with van der Waals surface area (Å²) >= 11 is 0. The highest BCUT2D eigenvalue weighted by molar-refractivity contribution is 6.10. The number of methoxy groups -OCH3 is 1. The van der Waals surface area contributed by atoms with E-state index in [2.05, 4.69) is 10.6 Å². The number of carbonyl (C=O) groups is 2. The van der Waals surface area contributed by atoms with Crippen LogP contribution in [-0.2, 0) is 0 Å². The van der Waals surface area contributed by atoms with Gasteiger partial charge >= 0.3 is 6.03 Å². The van der Waals surface area contributed by atoms with E-state index in [9.17, 15) is 9.59 Å². The molecule has 0 unspecified atom stereocenters. The number of nitrogens with two attached hydrogens (primary N) is 1. The van der Waals surface area contributed by atoms with Crippen LogP contribution in [-0.4, -0.2) is 19.0 Å². The lowest BCUT2D eigenvalue weighted by atomic mass is 10.2. The Balaban J connectivity index is 2.05. The average Bonchev–Trinajstić information content (AvgIpc) is 2.48. The SMILES string of the molecule is COc1ccccc1NC(=O)NC(=O)c1ccccc1N. The van der Waals surface area contributed by atoms with Crippen LogP contribution in [0.25, 0.3) is 0 Å². The summed E-state index contributed by atoms with van der Waals surface area (Å²) in [5, 5.41) is 4.76. The Morgan fingerprint density at radius 1 is 1.05 bits per heavy atom. The number of ether oxygens (including phenoxy) is 1. The van der Waals surface area contributed by atoms with Gasteiger partial charge in [-0.25, -0.2) is 4.79 Å². The number of carbonyl (C=O) groups excluding carboxylic acids is 2. The zero-order chi connectivity index (χ0) is 15.2. The van der Waals surface area contributed by atoms with Crippen molar-refractivity contribution in [2.45, 2.75) is 0 Å². The molecule has 0 radical (unpaired) electrons. The molecule has 6 heteroatoms. The van der Waals surface area contributed by atoms with Crippen LogP contribution in [0.5, 0.6) is 5.75 Å². The van der Waals surface area contributed by atoms with E-state index in [-0.39, 0.29) is 5.56 Å². The van der Waals surface area contributed by atoms with Gasteiger partial charge in [-0.15, -0.1) is 0 Å². The molecule has 0 aromatic heterocycles. The summed E-state index contributed by atoms with van der Waals surface area (Å²) < 4.78 is 5.11. The number of urea groups is 1. The van der Waals surface area contributed by atoms with E-state index in [0.717, 1.165) is 0 Å². The molecule has 0 aliphatic heterocycles. The van der Waals surface area contributed by atoms with E-state index >= 15 is 0 Å². The Morgan fingerprint density at radius 2 is 1.71 bits per heavy atom. The van der Waals surface area contributed by atoms with Gasteiger partial charge in [-0.2, -0.15) is 0 Å². The number of nitrogens with one attached hydrogen (secondary N) is 2. The van der Waals surface area contributed by atoms with Crippen LogP contribution in [0.4, 0.5) is 16.2 Å². The maximum Gasteiger partial charge on any atom is 0.326 e. The number of hydrogen-bond donors (Lipinski definition) is 3. The van der Waals surface area contributed by atoms with Gasteiger partial charge in [0.25, 0.3) is 5.91 Å². The predicted molar refractivity (Wildman–Crippen MR) is 80.3 cm³/mol. The van der Waals surface area contributed by atoms with E-state index < -0.39 is 11.9 Å². The lowest BCUT2D eigenvalue weighted by Crippen LogP contribution is -2.34. The van der Waals surface area contributed by atoms with Crippen molar-refractivity contribution in [2.75, 3.05) is 18.2 Å². The quantitative estimate of drug-likeness (QED) is 0.754. The first-order valence-corrected chi connectivity index (χ1v) is 6.21. The number of imide groups is 1. The summed E-state index contributed by atoms with van der Waals surface area (Å²) in [6, 6.07) is 12.7. The maximum absolute atomic E-state index is 11.9. The van der Waals surface area contributed by atoms with Crippen molar-refractivity contribution in [2.24, 2.45) is 0 Å². The monoisotopic (exact) mass is 285 g/mol. The molecule has 0 spiro atoms. The third-order valence-electron chi connectivity index (χ3n) is 2.79. The highest BCUT2D eigenvalue weighted by atomic mass is 16.5. The number of rotatable bonds is 3. The highest BCUT2D eigenvalue weighted by Gasteiger charge is 2.13. The zero-order valence-electron chi connectivity index (χ0n) is 11.4. The van der Waals surface area contributed by atoms with Gasteiger partial charge in [-0.3, -0.25) is 10.1 Å². The maximum atomic E-state index is 11.9. The third kappa shape index (κ3) is 3.50. The summed E-state index contributed by atoms with van der Waals surface area (Å²) in [4.78, 5) is 23.8. The van der Waals surface area contributed by atoms with E-state index in [4.69, 9.17) is 10.5 Å². The first-order valence-electron chi connectivity index (χ1n) is 6.21. The van der Waals surface area contributed by atoms with Crippen LogP contribution in [0.15, 0.2) is 48.5 Å². The molecule has 0 saturated heterocycles. The summed E-state index contributed by atoms with van der Waals surface area (Å²) in [6.07, 6.45) is 0. The summed E-state index contributed by atoms with van der Waals surface area (Å²) in [6.45, 7) is 0. The molecule has 2 aromatic rings. The minimum absolute atomic E-state index is 0.243. The largest absolute Gasteiger partial charge is 0.495 e. The van der Waals surface area contributed by atoms with Crippen molar-refractivity contribution in [1.82, 2.24) is 5.32 Å². The molecule has 4 N–H and O–H groups in total. The molecule has 0 aliphatic carbocycles. The third-order valence-corrected chi connectivity index (χ3v) is 2.79. The predicted octanol–water partition coefficient (Wildman–Crippen LogP) is 2.24. The van der Waals surface area contributed by atoms with Gasteiger partial charge in [0.15, 0.2) is 0 Å². The zero-order valence-corrected chi connectivity index (χ0v) is 11.4. The molecule has 0 bridgehead atoms. The standard InChI is InChI=1S/C15H15N3O3/c1-21-13-9-5-4-8-12(13)17-15(20)18-14(19)10-6-2-3-7-11(10)16/h2-9H,16H2,1H3,(H2,17,18,19,20). The molecule has 108 valence electrons. The summed E-state index contributed by atoms with van der Waals surface area (Å²) in [5.74, 6) is -0.0696. The van der Waals surface area contributed by atoms with E-state index in [1.807, 2.05) is 0 Å². The molecule has 21 heavy (non-hydrogen) atoms. The minimum Gasteiger partial charge on any atom is -0.495 e. The van der Waals surface area contributed by atoms with Gasteiger partial charge in [0.05, 0.1) is 18.4 Å². The topological polar surface area (TPSA) is 93.5 Å². The number of anilines is 2. The molecule has 2 aromatic carbocycles. The molecule has 0 atom stereocenters. The van der Waals surface area contributed by atoms with Crippen molar-refractivity contribution in [1.29, 1.82) is 0 Å². The van der Waals surface area contributed by atoms with Gasteiger partial charge in [-0.05, 0) is 24.3 Å². The van der Waals surface area contributed by atoms with Gasteiger partial charge in [0.1, 0.15) is 5.75 Å². The average molecular weight is 285 g/mol. The molecule has 6 nitrogen and oxygen atoms in total. The molecule has 3 amide bonds. The van der Waals surface area contributed by atoms with Gasteiger partial charge in [0, 0.05) is 5.69 Å². The molecular formula is C15H15N3O3. The smallest absolute Gasteiger partial charge is 0.326 e. The van der Waals surface area contributed by atoms with Crippen molar-refractivity contribution in [3.8, 4) is 5.75 Å². The first-order chi connectivity index (χ1) is 10.1. The second-order valence-electron chi connectivity index (χ2n) is 4.20. The van der Waals surface area contributed by atoms with Crippen molar-refractivity contribution in [3.05, 3.63) is 54.1 Å². The Morgan fingerprint density at radius 3 is 2.43 bits per heavy atom. The molecule has 0 saturated carbocycles. The van der Waals surface area contributed by atoms with E-state index in [0.29, 0.717) is 17.1 Å². The second kappa shape index (κ2) is 6.42. The molecule has 2 rings (SSSR count). The van der Waals surface area contributed by atoms with Crippen LogP contribution in [0.1, 0.15) is 10.4 Å². The van der Waals surface area contributed by atoms with Crippen molar-refractivity contribution < 1.29 is 14.3 Å². The summed E-state index contributed by atoms with van der Waals surface area (Å²) in [5.41, 5.74) is 6.70. The van der Waals surface area contributed by atoms with Crippen LogP contribution in [0.2, 0.25) is 0 Å². The summed E-state index contributed by atoms with van der Waals surface area (Å²) in [7, 11) is 1.49. The fraction of sp³-hybridized carbons (Fsp3) is 0.0667. The number of nitrogen functional groups attached to an aromatic ring is 1. The molecule has 0 aliphatic rings. The van der Waals surface area contributed by atoms with E-state index in [1.165, 1.54) is 7.11 Å². The Hall–Kier alpha value is -3.02. The lowest BCUT2D eigenvalue weighted by Gasteiger charge is -2.10. The normalized spacial score (nSPS) is 9.76. The number of benzene rings is 2.